The Balaban J connectivity index is 1.77. The minimum atomic E-state index is -1.04. The molecule has 0 atom stereocenters. The molecule has 0 saturated heterocycles. The Morgan fingerprint density at radius 1 is 1.09 bits per heavy atom. The maximum Gasteiger partial charge on any atom is 0.305 e. The van der Waals surface area contributed by atoms with Gasteiger partial charge in [0.15, 0.2) is 5.76 Å². The van der Waals surface area contributed by atoms with Gasteiger partial charge < -0.3 is 30.2 Å². The molecular formula is C26H25N3O6. The molecule has 180 valence electrons. The molecular weight excluding hydrogens is 450 g/mol. The van der Waals surface area contributed by atoms with Gasteiger partial charge in [0, 0.05) is 29.9 Å². The highest BCUT2D eigenvalue weighted by atomic mass is 16.5. The van der Waals surface area contributed by atoms with Crippen LogP contribution in [0.3, 0.4) is 0 Å². The number of aliphatic carboxylic acids is 1. The predicted molar refractivity (Wildman–Crippen MR) is 130 cm³/mol. The van der Waals surface area contributed by atoms with Crippen molar-refractivity contribution in [2.24, 2.45) is 0 Å². The van der Waals surface area contributed by atoms with Gasteiger partial charge in [0.2, 0.25) is 0 Å². The zero-order valence-corrected chi connectivity index (χ0v) is 19.1. The van der Waals surface area contributed by atoms with E-state index in [9.17, 15) is 19.5 Å². The van der Waals surface area contributed by atoms with Gasteiger partial charge in [-0.3, -0.25) is 14.4 Å². The molecule has 35 heavy (non-hydrogen) atoms. The van der Waals surface area contributed by atoms with E-state index >= 15 is 0 Å². The molecule has 0 radical (unpaired) electrons. The molecule has 9 nitrogen and oxygen atoms in total. The van der Waals surface area contributed by atoms with Crippen molar-refractivity contribution in [2.45, 2.75) is 19.5 Å². The molecule has 4 N–H and O–H groups in total. The molecule has 9 heteroatoms. The molecule has 0 bridgehead atoms. The fourth-order valence-corrected chi connectivity index (χ4v) is 4.01. The second-order valence-corrected chi connectivity index (χ2v) is 8.07. The largest absolute Gasteiger partial charge is 0.505 e. The minimum Gasteiger partial charge on any atom is -0.505 e. The Bertz CT molecular complexity index is 1350. The smallest absolute Gasteiger partial charge is 0.305 e. The number of hydrogen-bond acceptors (Lipinski definition) is 6. The molecule has 2 heterocycles. The summed E-state index contributed by atoms with van der Waals surface area (Å²) in [6, 6.07) is 17.9. The third kappa shape index (κ3) is 5.19. The van der Waals surface area contributed by atoms with E-state index in [0.29, 0.717) is 34.7 Å². The van der Waals surface area contributed by atoms with E-state index < -0.39 is 11.9 Å². The van der Waals surface area contributed by atoms with Crippen molar-refractivity contribution in [1.82, 2.24) is 15.2 Å². The molecule has 1 aliphatic heterocycles. The second-order valence-electron chi connectivity index (χ2n) is 8.07. The van der Waals surface area contributed by atoms with Gasteiger partial charge >= 0.3 is 5.97 Å². The minimum absolute atomic E-state index is 0.00961. The highest BCUT2D eigenvalue weighted by Crippen LogP contribution is 2.32. The van der Waals surface area contributed by atoms with Crippen molar-refractivity contribution in [1.29, 1.82) is 0 Å². The number of aromatic nitrogens is 1. The number of ether oxygens (including phenoxy) is 1. The van der Waals surface area contributed by atoms with Crippen molar-refractivity contribution >= 4 is 17.6 Å². The van der Waals surface area contributed by atoms with Gasteiger partial charge in [-0.05, 0) is 29.3 Å². The number of amides is 1. The SMILES string of the molecule is COc1cccc(-c2cc3c([nH]c2=O)CN(Cc2ccccc2)C(C(=O)NCCC(=O)O)=C3O)c1. The number of methoxy groups -OCH3 is 1. The van der Waals surface area contributed by atoms with Crippen molar-refractivity contribution in [3.63, 3.8) is 0 Å². The number of aromatic amines is 1. The molecule has 0 spiro atoms. The topological polar surface area (TPSA) is 132 Å². The Hall–Kier alpha value is -4.53. The lowest BCUT2D eigenvalue weighted by Crippen LogP contribution is -2.39. The summed E-state index contributed by atoms with van der Waals surface area (Å²) in [6.07, 6.45) is -0.248. The van der Waals surface area contributed by atoms with Crippen LogP contribution in [-0.2, 0) is 22.7 Å². The van der Waals surface area contributed by atoms with E-state index in [4.69, 9.17) is 9.84 Å². The number of benzene rings is 2. The summed E-state index contributed by atoms with van der Waals surface area (Å²) < 4.78 is 5.25. The Morgan fingerprint density at radius 3 is 2.57 bits per heavy atom. The molecule has 4 rings (SSSR count). The van der Waals surface area contributed by atoms with Crippen LogP contribution < -0.4 is 15.6 Å². The third-order valence-electron chi connectivity index (χ3n) is 5.70. The van der Waals surface area contributed by atoms with Crippen LogP contribution in [0.5, 0.6) is 5.75 Å². The van der Waals surface area contributed by atoms with Gasteiger partial charge in [0.1, 0.15) is 11.4 Å². The molecule has 2 aromatic carbocycles. The first-order valence-electron chi connectivity index (χ1n) is 11.0. The van der Waals surface area contributed by atoms with Gasteiger partial charge in [-0.25, -0.2) is 0 Å². The lowest BCUT2D eigenvalue weighted by Gasteiger charge is -2.32. The van der Waals surface area contributed by atoms with Crippen molar-refractivity contribution < 1.29 is 24.5 Å². The van der Waals surface area contributed by atoms with E-state index in [1.807, 2.05) is 30.3 Å². The summed E-state index contributed by atoms with van der Waals surface area (Å²) in [4.78, 5) is 41.4. The number of pyridine rings is 1. The molecule has 1 amide bonds. The van der Waals surface area contributed by atoms with E-state index in [1.165, 1.54) is 7.11 Å². The van der Waals surface area contributed by atoms with Crippen LogP contribution in [0.1, 0.15) is 23.2 Å². The first kappa shape index (κ1) is 23.6. The molecule has 1 aliphatic rings. The van der Waals surface area contributed by atoms with Gasteiger partial charge in [-0.2, -0.15) is 0 Å². The molecule has 3 aromatic rings. The van der Waals surface area contributed by atoms with Crippen molar-refractivity contribution in [3.8, 4) is 16.9 Å². The predicted octanol–water partition coefficient (Wildman–Crippen LogP) is 2.88. The summed E-state index contributed by atoms with van der Waals surface area (Å²) in [6.45, 7) is 0.382. The molecule has 0 saturated carbocycles. The second kappa shape index (κ2) is 10.2. The summed E-state index contributed by atoms with van der Waals surface area (Å²) >= 11 is 0. The number of aliphatic hydroxyl groups is 1. The van der Waals surface area contributed by atoms with Crippen LogP contribution in [0.4, 0.5) is 0 Å². The van der Waals surface area contributed by atoms with Crippen LogP contribution in [0.25, 0.3) is 16.9 Å². The zero-order chi connectivity index (χ0) is 24.9. The average Bonchev–Trinajstić information content (AvgIpc) is 2.84. The van der Waals surface area contributed by atoms with Crippen LogP contribution in [0, 0.1) is 0 Å². The maximum atomic E-state index is 13.1. The molecule has 1 aromatic heterocycles. The number of H-pyrrole nitrogens is 1. The summed E-state index contributed by atoms with van der Waals surface area (Å²) in [5.74, 6) is -1.36. The zero-order valence-electron chi connectivity index (χ0n) is 19.1. The number of fused-ring (bicyclic) bond motifs is 1. The van der Waals surface area contributed by atoms with Gasteiger partial charge in [0.05, 0.1) is 20.1 Å². The lowest BCUT2D eigenvalue weighted by molar-refractivity contribution is -0.136. The van der Waals surface area contributed by atoms with Crippen LogP contribution in [0.2, 0.25) is 0 Å². The molecule has 0 aliphatic carbocycles. The highest BCUT2D eigenvalue weighted by molar-refractivity contribution is 6.00. The maximum absolute atomic E-state index is 13.1. The van der Waals surface area contributed by atoms with Gasteiger partial charge in [0.25, 0.3) is 11.5 Å². The number of nitrogens with zero attached hydrogens (tertiary/aromatic N) is 1. The number of hydrogen-bond donors (Lipinski definition) is 4. The standard InChI is InChI=1S/C26H25N3O6/c1-35-18-9-5-8-17(12-18)19-13-20-21(28-25(19)33)15-29(14-16-6-3-2-4-7-16)23(24(20)32)26(34)27-11-10-22(30)31/h2-9,12-13,32H,10-11,14-15H2,1H3,(H,27,34)(H,28,33)(H,30,31). The van der Waals surface area contributed by atoms with Gasteiger partial charge in [-0.1, -0.05) is 42.5 Å². The first-order chi connectivity index (χ1) is 16.9. The Labute approximate surface area is 201 Å². The Morgan fingerprint density at radius 2 is 1.86 bits per heavy atom. The first-order valence-corrected chi connectivity index (χ1v) is 11.0. The van der Waals surface area contributed by atoms with Gasteiger partial charge in [-0.15, -0.1) is 0 Å². The van der Waals surface area contributed by atoms with Crippen LogP contribution >= 0.6 is 0 Å². The third-order valence-corrected chi connectivity index (χ3v) is 5.70. The monoisotopic (exact) mass is 475 g/mol. The quantitative estimate of drug-likeness (QED) is 0.394. The summed E-state index contributed by atoms with van der Waals surface area (Å²) in [7, 11) is 1.53. The fourth-order valence-electron chi connectivity index (χ4n) is 4.01. The van der Waals surface area contributed by atoms with Crippen LogP contribution in [0.15, 0.2) is 71.2 Å². The number of carboxylic acids is 1. The number of carboxylic acid groups (broad SMARTS) is 1. The Kier molecular flexibility index (Phi) is 6.86. The fraction of sp³-hybridized carbons (Fsp3) is 0.192. The highest BCUT2D eigenvalue weighted by Gasteiger charge is 2.31. The van der Waals surface area contributed by atoms with E-state index in [-0.39, 0.29) is 36.5 Å². The lowest BCUT2D eigenvalue weighted by atomic mass is 9.98. The van der Waals surface area contributed by atoms with Crippen LogP contribution in [-0.4, -0.2) is 45.6 Å². The van der Waals surface area contributed by atoms with E-state index in [0.717, 1.165) is 5.56 Å². The summed E-state index contributed by atoms with van der Waals surface area (Å²) in [5, 5.41) is 22.7. The molecule has 0 fully saturated rings. The number of rotatable bonds is 8. The number of aliphatic hydroxyl groups excluding tert-OH is 1. The number of carbonyl (C=O) groups is 2. The number of nitrogens with one attached hydrogen (secondary N) is 2. The summed E-state index contributed by atoms with van der Waals surface area (Å²) in [5.41, 5.74) is 2.29. The molecule has 0 unspecified atom stereocenters. The van der Waals surface area contributed by atoms with E-state index in [1.54, 1.807) is 35.2 Å². The van der Waals surface area contributed by atoms with E-state index in [2.05, 4.69) is 10.3 Å². The van der Waals surface area contributed by atoms with Crippen molar-refractivity contribution in [2.75, 3.05) is 13.7 Å². The average molecular weight is 476 g/mol. The number of carbonyl (C=O) groups excluding carboxylic acids is 1. The normalized spacial score (nSPS) is 12.8. The van der Waals surface area contributed by atoms with Crippen molar-refractivity contribution in [3.05, 3.63) is 93.5 Å².